The normalized spacial score (nSPS) is 9.67. The van der Waals surface area contributed by atoms with Gasteiger partial charge in [0, 0.05) is 6.42 Å². The third-order valence-electron chi connectivity index (χ3n) is 2.53. The Morgan fingerprint density at radius 1 is 0.933 bits per heavy atom. The van der Waals surface area contributed by atoms with Crippen LogP contribution in [0, 0.1) is 0 Å². The van der Waals surface area contributed by atoms with Crippen LogP contribution in [0.1, 0.15) is 72.6 Å². The molecule has 0 aliphatic heterocycles. The molecule has 0 fully saturated rings. The molecule has 3 heteroatoms. The second-order valence-electron chi connectivity index (χ2n) is 4.04. The Morgan fingerprint density at radius 3 is 1.73 bits per heavy atom. The van der Waals surface area contributed by atoms with E-state index in [0.717, 1.165) is 12.8 Å². The first-order chi connectivity index (χ1) is 6.77. The standard InChI is InChI=1S/C12H25NO.Na.H/c1-2-3-4-5-6-7-8-9-10-11-12(13)14;;/h2-11H2,1H3,(H2,13,14);;/q;+1;-1. The molecular formula is C12H26NNaO. The van der Waals surface area contributed by atoms with Gasteiger partial charge in [0.15, 0.2) is 0 Å². The fourth-order valence-electron chi connectivity index (χ4n) is 1.61. The van der Waals surface area contributed by atoms with E-state index in [0.29, 0.717) is 6.42 Å². The van der Waals surface area contributed by atoms with Crippen molar-refractivity contribution >= 4 is 5.91 Å². The van der Waals surface area contributed by atoms with Gasteiger partial charge in [-0.1, -0.05) is 58.3 Å². The van der Waals surface area contributed by atoms with Crippen LogP contribution in [0.3, 0.4) is 0 Å². The largest absolute Gasteiger partial charge is 1.00 e. The number of rotatable bonds is 10. The van der Waals surface area contributed by atoms with Crippen LogP contribution in [0.25, 0.3) is 0 Å². The van der Waals surface area contributed by atoms with Crippen molar-refractivity contribution < 1.29 is 35.8 Å². The zero-order valence-corrected chi connectivity index (χ0v) is 12.6. The van der Waals surface area contributed by atoms with Gasteiger partial charge in [0.25, 0.3) is 0 Å². The summed E-state index contributed by atoms with van der Waals surface area (Å²) in [5, 5.41) is 0. The van der Waals surface area contributed by atoms with Gasteiger partial charge in [0.05, 0.1) is 0 Å². The van der Waals surface area contributed by atoms with Gasteiger partial charge >= 0.3 is 29.6 Å². The van der Waals surface area contributed by atoms with E-state index in [1.165, 1.54) is 44.9 Å². The second kappa shape index (κ2) is 14.5. The number of amides is 1. The molecule has 0 radical (unpaired) electrons. The zero-order chi connectivity index (χ0) is 10.6. The molecule has 0 bridgehead atoms. The predicted octanol–water partition coefficient (Wildman–Crippen LogP) is 0.509. The van der Waals surface area contributed by atoms with E-state index in [4.69, 9.17) is 5.73 Å². The molecule has 0 saturated carbocycles. The summed E-state index contributed by atoms with van der Waals surface area (Å²) in [6.45, 7) is 2.24. The quantitative estimate of drug-likeness (QED) is 0.425. The van der Waals surface area contributed by atoms with E-state index >= 15 is 0 Å². The first-order valence-electron chi connectivity index (χ1n) is 6.05. The summed E-state index contributed by atoms with van der Waals surface area (Å²) in [6, 6.07) is 0. The van der Waals surface area contributed by atoms with E-state index in [1.54, 1.807) is 0 Å². The molecule has 15 heavy (non-hydrogen) atoms. The third kappa shape index (κ3) is 17.1. The fourth-order valence-corrected chi connectivity index (χ4v) is 1.61. The van der Waals surface area contributed by atoms with Crippen LogP contribution in [0.4, 0.5) is 0 Å². The molecule has 0 atom stereocenters. The Labute approximate surface area is 118 Å². The SMILES string of the molecule is CCCCCCCCCCCC(N)=O.[H-].[Na+]. The summed E-state index contributed by atoms with van der Waals surface area (Å²) >= 11 is 0. The Bertz CT molecular complexity index is 145. The van der Waals surface area contributed by atoms with Gasteiger partial charge in [0.1, 0.15) is 0 Å². The number of hydrogen-bond donors (Lipinski definition) is 1. The van der Waals surface area contributed by atoms with E-state index in [1.807, 2.05) is 0 Å². The minimum absolute atomic E-state index is 0. The number of carbonyl (C=O) groups excluding carboxylic acids is 1. The summed E-state index contributed by atoms with van der Waals surface area (Å²) in [4.78, 5) is 10.4. The molecule has 0 unspecified atom stereocenters. The van der Waals surface area contributed by atoms with Gasteiger partial charge in [-0.3, -0.25) is 4.79 Å². The molecule has 0 saturated heterocycles. The Hall–Kier alpha value is 0.470. The number of nitrogens with two attached hydrogens (primary N) is 1. The van der Waals surface area contributed by atoms with Gasteiger partial charge in [0.2, 0.25) is 5.91 Å². The number of primary amides is 1. The Balaban J connectivity index is -0.000000845. The van der Waals surface area contributed by atoms with E-state index in [9.17, 15) is 4.79 Å². The number of carbonyl (C=O) groups is 1. The molecule has 0 aliphatic rings. The molecule has 86 valence electrons. The van der Waals surface area contributed by atoms with Crippen molar-refractivity contribution in [3.8, 4) is 0 Å². The number of unbranched alkanes of at least 4 members (excludes halogenated alkanes) is 8. The van der Waals surface area contributed by atoms with Crippen molar-refractivity contribution in [2.75, 3.05) is 0 Å². The summed E-state index contributed by atoms with van der Waals surface area (Å²) < 4.78 is 0. The van der Waals surface area contributed by atoms with Crippen LogP contribution < -0.4 is 35.3 Å². The van der Waals surface area contributed by atoms with Crippen LogP contribution in [0.5, 0.6) is 0 Å². The topological polar surface area (TPSA) is 43.1 Å². The smallest absolute Gasteiger partial charge is 1.00 e. The van der Waals surface area contributed by atoms with Crippen molar-refractivity contribution in [2.24, 2.45) is 5.73 Å². The Kier molecular flexibility index (Phi) is 17.2. The molecular weight excluding hydrogens is 197 g/mol. The van der Waals surface area contributed by atoms with E-state index < -0.39 is 0 Å². The van der Waals surface area contributed by atoms with Crippen LogP contribution in [-0.4, -0.2) is 5.91 Å². The van der Waals surface area contributed by atoms with Crippen LogP contribution >= 0.6 is 0 Å². The van der Waals surface area contributed by atoms with Gasteiger partial charge in [-0.05, 0) is 6.42 Å². The maximum absolute atomic E-state index is 10.4. The Morgan fingerprint density at radius 2 is 1.33 bits per heavy atom. The third-order valence-corrected chi connectivity index (χ3v) is 2.53. The van der Waals surface area contributed by atoms with Gasteiger partial charge in [-0.15, -0.1) is 0 Å². The second-order valence-corrected chi connectivity index (χ2v) is 4.04. The summed E-state index contributed by atoms with van der Waals surface area (Å²) in [5.74, 6) is -0.159. The van der Waals surface area contributed by atoms with Crippen LogP contribution in [0.2, 0.25) is 0 Å². The van der Waals surface area contributed by atoms with Crippen molar-refractivity contribution in [2.45, 2.75) is 71.1 Å². The van der Waals surface area contributed by atoms with Crippen molar-refractivity contribution in [3.05, 3.63) is 0 Å². The van der Waals surface area contributed by atoms with Gasteiger partial charge in [-0.2, -0.15) is 0 Å². The maximum atomic E-state index is 10.4. The van der Waals surface area contributed by atoms with Crippen molar-refractivity contribution in [1.82, 2.24) is 0 Å². The molecule has 2 nitrogen and oxygen atoms in total. The maximum Gasteiger partial charge on any atom is 1.00 e. The molecule has 0 spiro atoms. The summed E-state index contributed by atoms with van der Waals surface area (Å²) in [5.41, 5.74) is 5.05. The van der Waals surface area contributed by atoms with E-state index in [2.05, 4.69) is 6.92 Å². The predicted molar refractivity (Wildman–Crippen MR) is 62.2 cm³/mol. The molecule has 2 N–H and O–H groups in total. The van der Waals surface area contributed by atoms with Gasteiger partial charge in [-0.25, -0.2) is 0 Å². The van der Waals surface area contributed by atoms with Crippen LogP contribution in [-0.2, 0) is 4.79 Å². The molecule has 0 aromatic rings. The summed E-state index contributed by atoms with van der Waals surface area (Å²) in [6.07, 6.45) is 12.1. The molecule has 0 heterocycles. The van der Waals surface area contributed by atoms with Crippen LogP contribution in [0.15, 0.2) is 0 Å². The fraction of sp³-hybridized carbons (Fsp3) is 0.917. The molecule has 0 rings (SSSR count). The minimum Gasteiger partial charge on any atom is -1.00 e. The molecule has 1 amide bonds. The zero-order valence-electron chi connectivity index (χ0n) is 11.6. The average molecular weight is 223 g/mol. The molecule has 0 aromatic heterocycles. The van der Waals surface area contributed by atoms with Crippen molar-refractivity contribution in [1.29, 1.82) is 0 Å². The first-order valence-corrected chi connectivity index (χ1v) is 6.05. The molecule has 0 aliphatic carbocycles. The monoisotopic (exact) mass is 223 g/mol. The number of hydrogen-bond acceptors (Lipinski definition) is 1. The summed E-state index contributed by atoms with van der Waals surface area (Å²) in [7, 11) is 0. The van der Waals surface area contributed by atoms with Crippen molar-refractivity contribution in [3.63, 3.8) is 0 Å². The molecule has 0 aromatic carbocycles. The minimum atomic E-state index is -0.159. The first kappa shape index (κ1) is 17.9. The average Bonchev–Trinajstić information content (AvgIpc) is 2.15. The van der Waals surface area contributed by atoms with Gasteiger partial charge < -0.3 is 7.16 Å². The van der Waals surface area contributed by atoms with E-state index in [-0.39, 0.29) is 36.9 Å².